The molecule has 0 bridgehead atoms. The molecule has 1 heterocycles. The Morgan fingerprint density at radius 2 is 1.80 bits per heavy atom. The van der Waals surface area contributed by atoms with Gasteiger partial charge in [-0.3, -0.25) is 0 Å². The number of hydrogen-bond acceptors (Lipinski definition) is 3. The fourth-order valence-corrected chi connectivity index (χ4v) is 2.50. The van der Waals surface area contributed by atoms with Gasteiger partial charge in [0.15, 0.2) is 0 Å². The van der Waals surface area contributed by atoms with E-state index >= 15 is 0 Å². The first-order chi connectivity index (χ1) is 12.2. The van der Waals surface area contributed by atoms with Crippen molar-refractivity contribution in [1.82, 2.24) is 9.78 Å². The van der Waals surface area contributed by atoms with Crippen molar-refractivity contribution in [1.29, 1.82) is 0 Å². The van der Waals surface area contributed by atoms with Crippen LogP contribution in [0.25, 0.3) is 5.69 Å². The van der Waals surface area contributed by atoms with Crippen LogP contribution >= 0.6 is 0 Å². The summed E-state index contributed by atoms with van der Waals surface area (Å²) in [5, 5.41) is 9.98. The Labute approximate surface area is 146 Å². The standard InChI is InChI=1S/C19H20N4O2/c1-14-18(12-20-23(14)17-6-4-3-5-7-17)22-19(24)21-16-10-8-15(9-11-16)13-25-2/h3-12H,13H2,1-2H3,(H2,21,22,24). The molecule has 0 spiro atoms. The number of nitrogens with one attached hydrogen (secondary N) is 2. The molecule has 3 rings (SSSR count). The first-order valence-corrected chi connectivity index (χ1v) is 7.93. The summed E-state index contributed by atoms with van der Waals surface area (Å²) in [6, 6.07) is 17.0. The van der Waals surface area contributed by atoms with E-state index in [9.17, 15) is 4.79 Å². The molecule has 0 atom stereocenters. The van der Waals surface area contributed by atoms with Gasteiger partial charge >= 0.3 is 6.03 Å². The number of rotatable bonds is 5. The molecule has 0 saturated heterocycles. The molecule has 6 nitrogen and oxygen atoms in total. The third kappa shape index (κ3) is 4.05. The van der Waals surface area contributed by atoms with E-state index in [1.165, 1.54) is 0 Å². The van der Waals surface area contributed by atoms with Crippen LogP contribution in [0.15, 0.2) is 60.8 Å². The second-order valence-corrected chi connectivity index (χ2v) is 5.60. The molecule has 1 aromatic heterocycles. The molecule has 0 saturated carbocycles. The second kappa shape index (κ2) is 7.63. The van der Waals surface area contributed by atoms with Crippen molar-refractivity contribution in [2.75, 3.05) is 17.7 Å². The first-order valence-electron chi connectivity index (χ1n) is 7.93. The average Bonchev–Trinajstić information content (AvgIpc) is 2.98. The zero-order chi connectivity index (χ0) is 17.6. The second-order valence-electron chi connectivity index (χ2n) is 5.60. The summed E-state index contributed by atoms with van der Waals surface area (Å²) in [6.45, 7) is 2.46. The number of amides is 2. The molecule has 0 aliphatic rings. The number of urea groups is 1. The number of benzene rings is 2. The number of para-hydroxylation sites is 1. The number of carbonyl (C=O) groups excluding carboxylic acids is 1. The smallest absolute Gasteiger partial charge is 0.323 e. The van der Waals surface area contributed by atoms with Crippen molar-refractivity contribution in [2.24, 2.45) is 0 Å². The third-order valence-corrected chi connectivity index (χ3v) is 3.78. The quantitative estimate of drug-likeness (QED) is 0.741. The molecule has 25 heavy (non-hydrogen) atoms. The van der Waals surface area contributed by atoms with Crippen molar-refractivity contribution in [3.05, 3.63) is 72.1 Å². The third-order valence-electron chi connectivity index (χ3n) is 3.78. The molecule has 0 aliphatic heterocycles. The van der Waals surface area contributed by atoms with Crippen LogP contribution in [0.3, 0.4) is 0 Å². The molecule has 2 amide bonds. The van der Waals surface area contributed by atoms with Gasteiger partial charge in [-0.05, 0) is 36.8 Å². The van der Waals surface area contributed by atoms with Crippen LogP contribution in [0, 0.1) is 6.92 Å². The fraction of sp³-hybridized carbons (Fsp3) is 0.158. The number of carbonyl (C=O) groups is 1. The molecular weight excluding hydrogens is 316 g/mol. The van der Waals surface area contributed by atoms with Crippen LogP contribution in [0.2, 0.25) is 0 Å². The molecule has 2 aromatic carbocycles. The maximum atomic E-state index is 12.2. The Bertz CT molecular complexity index is 842. The fourth-order valence-electron chi connectivity index (χ4n) is 2.50. The van der Waals surface area contributed by atoms with Gasteiger partial charge in [0, 0.05) is 12.8 Å². The highest BCUT2D eigenvalue weighted by molar-refractivity contribution is 6.00. The molecule has 128 valence electrons. The summed E-state index contributed by atoms with van der Waals surface area (Å²) < 4.78 is 6.86. The normalized spacial score (nSPS) is 10.5. The largest absolute Gasteiger partial charge is 0.380 e. The topological polar surface area (TPSA) is 68.2 Å². The molecule has 6 heteroatoms. The van der Waals surface area contributed by atoms with Crippen LogP contribution < -0.4 is 10.6 Å². The first kappa shape index (κ1) is 16.7. The van der Waals surface area contributed by atoms with Crippen LogP contribution in [-0.4, -0.2) is 22.9 Å². The van der Waals surface area contributed by atoms with Gasteiger partial charge in [-0.2, -0.15) is 5.10 Å². The maximum Gasteiger partial charge on any atom is 0.323 e. The number of aromatic nitrogens is 2. The lowest BCUT2D eigenvalue weighted by Crippen LogP contribution is -2.19. The van der Waals surface area contributed by atoms with Crippen molar-refractivity contribution in [3.63, 3.8) is 0 Å². The van der Waals surface area contributed by atoms with E-state index in [1.54, 1.807) is 18.0 Å². The average molecular weight is 336 g/mol. The minimum Gasteiger partial charge on any atom is -0.380 e. The van der Waals surface area contributed by atoms with Gasteiger partial charge in [-0.1, -0.05) is 30.3 Å². The van der Waals surface area contributed by atoms with Crippen molar-refractivity contribution in [3.8, 4) is 5.69 Å². The number of hydrogen-bond donors (Lipinski definition) is 2. The Kier molecular flexibility index (Phi) is 5.11. The lowest BCUT2D eigenvalue weighted by atomic mass is 10.2. The molecule has 0 fully saturated rings. The summed E-state index contributed by atoms with van der Waals surface area (Å²) in [5.41, 5.74) is 4.23. The van der Waals surface area contributed by atoms with E-state index in [1.807, 2.05) is 61.5 Å². The van der Waals surface area contributed by atoms with Gasteiger partial charge in [0.2, 0.25) is 0 Å². The summed E-state index contributed by atoms with van der Waals surface area (Å²) >= 11 is 0. The van der Waals surface area contributed by atoms with Crippen LogP contribution in [-0.2, 0) is 11.3 Å². The van der Waals surface area contributed by atoms with Crippen LogP contribution in [0.5, 0.6) is 0 Å². The van der Waals surface area contributed by atoms with Crippen LogP contribution in [0.1, 0.15) is 11.3 Å². The number of methoxy groups -OCH3 is 1. The van der Waals surface area contributed by atoms with Gasteiger partial charge in [0.25, 0.3) is 0 Å². The number of nitrogens with zero attached hydrogens (tertiary/aromatic N) is 2. The summed E-state index contributed by atoms with van der Waals surface area (Å²) in [6.07, 6.45) is 1.64. The SMILES string of the molecule is COCc1ccc(NC(=O)Nc2cnn(-c3ccccc3)c2C)cc1. The number of ether oxygens (including phenoxy) is 1. The van der Waals surface area contributed by atoms with Crippen molar-refractivity contribution >= 4 is 17.4 Å². The van der Waals surface area contributed by atoms with Crippen LogP contribution in [0.4, 0.5) is 16.2 Å². The minimum atomic E-state index is -0.310. The van der Waals surface area contributed by atoms with Crippen molar-refractivity contribution < 1.29 is 9.53 Å². The highest BCUT2D eigenvalue weighted by atomic mass is 16.5. The van der Waals surface area contributed by atoms with E-state index < -0.39 is 0 Å². The Hall–Kier alpha value is -3.12. The molecule has 0 aliphatic carbocycles. The minimum absolute atomic E-state index is 0.310. The highest BCUT2D eigenvalue weighted by Gasteiger charge is 2.11. The molecule has 2 N–H and O–H groups in total. The highest BCUT2D eigenvalue weighted by Crippen LogP contribution is 2.18. The Balaban J connectivity index is 1.66. The monoisotopic (exact) mass is 336 g/mol. The van der Waals surface area contributed by atoms with Gasteiger partial charge in [-0.15, -0.1) is 0 Å². The Morgan fingerprint density at radius 1 is 1.08 bits per heavy atom. The zero-order valence-electron chi connectivity index (χ0n) is 14.2. The van der Waals surface area contributed by atoms with Gasteiger partial charge in [0.05, 0.1) is 29.9 Å². The van der Waals surface area contributed by atoms with Gasteiger partial charge in [0.1, 0.15) is 0 Å². The molecule has 3 aromatic rings. The summed E-state index contributed by atoms with van der Waals surface area (Å²) in [4.78, 5) is 12.2. The molecule has 0 unspecified atom stereocenters. The maximum absolute atomic E-state index is 12.2. The van der Waals surface area contributed by atoms with Gasteiger partial charge in [-0.25, -0.2) is 9.48 Å². The number of anilines is 2. The van der Waals surface area contributed by atoms with Crippen molar-refractivity contribution in [2.45, 2.75) is 13.5 Å². The van der Waals surface area contributed by atoms with E-state index in [0.717, 1.165) is 16.9 Å². The van der Waals surface area contributed by atoms with E-state index in [0.29, 0.717) is 18.0 Å². The zero-order valence-corrected chi connectivity index (χ0v) is 14.2. The lowest BCUT2D eigenvalue weighted by Gasteiger charge is -2.09. The van der Waals surface area contributed by atoms with E-state index in [4.69, 9.17) is 4.74 Å². The van der Waals surface area contributed by atoms with E-state index in [2.05, 4.69) is 15.7 Å². The summed E-state index contributed by atoms with van der Waals surface area (Å²) in [7, 11) is 1.65. The summed E-state index contributed by atoms with van der Waals surface area (Å²) in [5.74, 6) is 0. The lowest BCUT2D eigenvalue weighted by molar-refractivity contribution is 0.185. The molecule has 0 radical (unpaired) electrons. The molecular formula is C19H20N4O2. The predicted octanol–water partition coefficient (Wildman–Crippen LogP) is 3.97. The van der Waals surface area contributed by atoms with Gasteiger partial charge < -0.3 is 15.4 Å². The van der Waals surface area contributed by atoms with E-state index in [-0.39, 0.29) is 6.03 Å². The predicted molar refractivity (Wildman–Crippen MR) is 98.1 cm³/mol. The Morgan fingerprint density at radius 3 is 2.48 bits per heavy atom.